The molecule has 2 rings (SSSR count). The fraction of sp³-hybridized carbons (Fsp3) is 0.600. The Balaban J connectivity index is 2.43. The first-order valence-corrected chi connectivity index (χ1v) is 4.96. The largest absolute Gasteiger partial charge is 0.320 e. The van der Waals surface area contributed by atoms with Gasteiger partial charge in [0.15, 0.2) is 5.82 Å². The molecule has 0 saturated heterocycles. The van der Waals surface area contributed by atoms with Gasteiger partial charge in [0.05, 0.1) is 16.9 Å². The second-order valence-electron chi connectivity index (χ2n) is 3.85. The highest BCUT2D eigenvalue weighted by Crippen LogP contribution is 2.38. The van der Waals surface area contributed by atoms with E-state index in [0.717, 1.165) is 19.3 Å². The molecule has 0 amide bonds. The van der Waals surface area contributed by atoms with Crippen molar-refractivity contribution in [3.05, 3.63) is 23.5 Å². The predicted octanol–water partition coefficient (Wildman–Crippen LogP) is 1.52. The van der Waals surface area contributed by atoms with Crippen molar-refractivity contribution in [1.82, 2.24) is 9.97 Å². The van der Waals surface area contributed by atoms with Gasteiger partial charge in [0, 0.05) is 0 Å². The highest BCUT2D eigenvalue weighted by molar-refractivity contribution is 5.22. The summed E-state index contributed by atoms with van der Waals surface area (Å²) in [4.78, 5) is 7.86. The summed E-state index contributed by atoms with van der Waals surface area (Å²) in [5.74, 6) is -0.308. The van der Waals surface area contributed by atoms with Crippen LogP contribution in [-0.4, -0.2) is 9.97 Å². The van der Waals surface area contributed by atoms with Crippen LogP contribution >= 0.6 is 0 Å². The third kappa shape index (κ3) is 1.30. The summed E-state index contributed by atoms with van der Waals surface area (Å²) in [6.45, 7) is 1.87. The van der Waals surface area contributed by atoms with Crippen LogP contribution in [0.5, 0.6) is 0 Å². The number of hydrogen-bond donors (Lipinski definition) is 1. The quantitative estimate of drug-likeness (QED) is 0.778. The van der Waals surface area contributed by atoms with Gasteiger partial charge in [0.1, 0.15) is 6.33 Å². The Kier molecular flexibility index (Phi) is 2.23. The van der Waals surface area contributed by atoms with Crippen LogP contribution in [0.15, 0.2) is 6.33 Å². The number of nitrogens with two attached hydrogens (primary N) is 1. The molecular formula is C10H14FN3. The molecule has 0 unspecified atom stereocenters. The molecule has 0 bridgehead atoms. The number of nitrogens with zero attached hydrogens (tertiary/aromatic N) is 2. The van der Waals surface area contributed by atoms with E-state index in [1.165, 1.54) is 6.33 Å². The summed E-state index contributed by atoms with van der Waals surface area (Å²) >= 11 is 0. The van der Waals surface area contributed by atoms with Gasteiger partial charge in [0.2, 0.25) is 0 Å². The van der Waals surface area contributed by atoms with Crippen LogP contribution in [0.4, 0.5) is 4.39 Å². The molecule has 1 fully saturated rings. The van der Waals surface area contributed by atoms with E-state index in [1.807, 2.05) is 6.92 Å². The Bertz CT molecular complexity index is 347. The summed E-state index contributed by atoms with van der Waals surface area (Å²) in [6, 6.07) is 0. The van der Waals surface area contributed by atoms with E-state index < -0.39 is 5.54 Å². The van der Waals surface area contributed by atoms with Crippen molar-refractivity contribution >= 4 is 0 Å². The average molecular weight is 195 g/mol. The molecule has 1 aromatic heterocycles. The number of hydrogen-bond acceptors (Lipinski definition) is 3. The van der Waals surface area contributed by atoms with E-state index in [2.05, 4.69) is 9.97 Å². The number of aromatic nitrogens is 2. The Hall–Kier alpha value is -1.03. The summed E-state index contributed by atoms with van der Waals surface area (Å²) in [6.07, 6.45) is 4.69. The fourth-order valence-corrected chi connectivity index (χ4v) is 1.79. The fourth-order valence-electron chi connectivity index (χ4n) is 1.79. The summed E-state index contributed by atoms with van der Waals surface area (Å²) < 4.78 is 13.8. The third-order valence-electron chi connectivity index (χ3n) is 2.91. The minimum atomic E-state index is -0.531. The van der Waals surface area contributed by atoms with E-state index >= 15 is 0 Å². The maximum atomic E-state index is 13.8. The summed E-state index contributed by atoms with van der Waals surface area (Å²) in [5.41, 5.74) is 6.35. The van der Waals surface area contributed by atoms with Gasteiger partial charge in [-0.25, -0.2) is 14.4 Å². The number of rotatable bonds is 2. The van der Waals surface area contributed by atoms with Crippen molar-refractivity contribution < 1.29 is 4.39 Å². The zero-order valence-electron chi connectivity index (χ0n) is 8.26. The SMILES string of the molecule is CCc1ncnc(C2(N)CCC2)c1F. The van der Waals surface area contributed by atoms with Crippen LogP contribution in [0.2, 0.25) is 0 Å². The molecule has 1 aliphatic carbocycles. The topological polar surface area (TPSA) is 51.8 Å². The molecule has 14 heavy (non-hydrogen) atoms. The van der Waals surface area contributed by atoms with Crippen LogP contribution in [0.1, 0.15) is 37.6 Å². The first kappa shape index (κ1) is 9.52. The second kappa shape index (κ2) is 3.28. The summed E-state index contributed by atoms with van der Waals surface area (Å²) in [7, 11) is 0. The van der Waals surface area contributed by atoms with Crippen molar-refractivity contribution in [2.45, 2.75) is 38.1 Å². The molecule has 0 aliphatic heterocycles. The maximum absolute atomic E-state index is 13.8. The number of aryl methyl sites for hydroxylation is 1. The lowest BCUT2D eigenvalue weighted by atomic mass is 9.75. The van der Waals surface area contributed by atoms with Crippen molar-refractivity contribution in [2.24, 2.45) is 5.73 Å². The first-order chi connectivity index (χ1) is 6.67. The van der Waals surface area contributed by atoms with Crippen LogP contribution in [0.3, 0.4) is 0 Å². The Morgan fingerprint density at radius 2 is 2.21 bits per heavy atom. The smallest absolute Gasteiger partial charge is 0.168 e. The Morgan fingerprint density at radius 3 is 2.71 bits per heavy atom. The van der Waals surface area contributed by atoms with Gasteiger partial charge < -0.3 is 5.73 Å². The van der Waals surface area contributed by atoms with E-state index in [1.54, 1.807) is 0 Å². The Labute approximate surface area is 82.6 Å². The standard InChI is InChI=1S/C10H14FN3/c1-2-7-8(11)9(14-6-13-7)10(12)4-3-5-10/h6H,2-5,12H2,1H3. The Morgan fingerprint density at radius 1 is 1.50 bits per heavy atom. The van der Waals surface area contributed by atoms with Gasteiger partial charge in [0.25, 0.3) is 0 Å². The zero-order chi connectivity index (χ0) is 10.2. The molecule has 1 saturated carbocycles. The maximum Gasteiger partial charge on any atom is 0.168 e. The van der Waals surface area contributed by atoms with Crippen molar-refractivity contribution in [3.63, 3.8) is 0 Å². The van der Waals surface area contributed by atoms with Crippen molar-refractivity contribution in [1.29, 1.82) is 0 Å². The lowest BCUT2D eigenvalue weighted by molar-refractivity contribution is 0.235. The molecule has 2 N–H and O–H groups in total. The zero-order valence-corrected chi connectivity index (χ0v) is 8.26. The van der Waals surface area contributed by atoms with Gasteiger partial charge >= 0.3 is 0 Å². The van der Waals surface area contributed by atoms with E-state index in [4.69, 9.17) is 5.73 Å². The van der Waals surface area contributed by atoms with Gasteiger partial charge in [-0.3, -0.25) is 0 Å². The molecule has 1 heterocycles. The van der Waals surface area contributed by atoms with Crippen LogP contribution in [0.25, 0.3) is 0 Å². The average Bonchev–Trinajstić information content (AvgIpc) is 2.15. The molecule has 0 radical (unpaired) electrons. The predicted molar refractivity (Wildman–Crippen MR) is 51.1 cm³/mol. The molecule has 0 aromatic carbocycles. The van der Waals surface area contributed by atoms with Crippen molar-refractivity contribution in [3.8, 4) is 0 Å². The van der Waals surface area contributed by atoms with Crippen LogP contribution in [0, 0.1) is 5.82 Å². The molecule has 0 spiro atoms. The normalized spacial score (nSPS) is 19.1. The van der Waals surface area contributed by atoms with Crippen molar-refractivity contribution in [2.75, 3.05) is 0 Å². The van der Waals surface area contributed by atoms with E-state index in [0.29, 0.717) is 17.8 Å². The minimum Gasteiger partial charge on any atom is -0.320 e. The lowest BCUT2D eigenvalue weighted by Crippen LogP contribution is -2.45. The highest BCUT2D eigenvalue weighted by atomic mass is 19.1. The molecule has 1 aromatic rings. The van der Waals surface area contributed by atoms with Gasteiger partial charge in [-0.05, 0) is 25.7 Å². The first-order valence-electron chi connectivity index (χ1n) is 4.96. The van der Waals surface area contributed by atoms with Crippen LogP contribution < -0.4 is 5.73 Å². The minimum absolute atomic E-state index is 0.308. The second-order valence-corrected chi connectivity index (χ2v) is 3.85. The molecule has 4 heteroatoms. The lowest BCUT2D eigenvalue weighted by Gasteiger charge is -2.37. The third-order valence-corrected chi connectivity index (χ3v) is 2.91. The molecule has 0 atom stereocenters. The number of halogens is 1. The van der Waals surface area contributed by atoms with Gasteiger partial charge in [-0.15, -0.1) is 0 Å². The molecule has 1 aliphatic rings. The molecule has 76 valence electrons. The van der Waals surface area contributed by atoms with Crippen LogP contribution in [-0.2, 0) is 12.0 Å². The molecular weight excluding hydrogens is 181 g/mol. The van der Waals surface area contributed by atoms with Gasteiger partial charge in [-0.2, -0.15) is 0 Å². The van der Waals surface area contributed by atoms with E-state index in [-0.39, 0.29) is 5.82 Å². The van der Waals surface area contributed by atoms with E-state index in [9.17, 15) is 4.39 Å². The monoisotopic (exact) mass is 195 g/mol. The summed E-state index contributed by atoms with van der Waals surface area (Å²) in [5, 5.41) is 0. The molecule has 3 nitrogen and oxygen atoms in total. The van der Waals surface area contributed by atoms with Gasteiger partial charge in [-0.1, -0.05) is 6.92 Å². The highest BCUT2D eigenvalue weighted by Gasteiger charge is 2.38.